The van der Waals surface area contributed by atoms with Crippen molar-refractivity contribution in [1.29, 1.82) is 0 Å². The first-order valence-electron chi connectivity index (χ1n) is 8.92. The van der Waals surface area contributed by atoms with Crippen LogP contribution in [0.3, 0.4) is 0 Å². The van der Waals surface area contributed by atoms with Gasteiger partial charge in [-0.1, -0.05) is 97.1 Å². The lowest BCUT2D eigenvalue weighted by Crippen LogP contribution is -2.10. The molecule has 4 aromatic carbocycles. The van der Waals surface area contributed by atoms with Crippen LogP contribution in [0, 0.1) is 0 Å². The Bertz CT molecular complexity index is 1090. The van der Waals surface area contributed by atoms with Crippen LogP contribution in [-0.2, 0) is 0 Å². The molecule has 0 fully saturated rings. The molecule has 0 N–H and O–H groups in total. The van der Waals surface area contributed by atoms with Gasteiger partial charge < -0.3 is 4.74 Å². The number of benzene rings is 4. The second kappa shape index (κ2) is 6.20. The van der Waals surface area contributed by atoms with E-state index < -0.39 is 0 Å². The maximum atomic E-state index is 6.44. The van der Waals surface area contributed by atoms with Gasteiger partial charge in [0, 0.05) is 22.4 Å². The van der Waals surface area contributed by atoms with E-state index in [0.717, 1.165) is 22.5 Å². The molecule has 0 spiro atoms. The van der Waals surface area contributed by atoms with E-state index in [-0.39, 0.29) is 5.92 Å². The van der Waals surface area contributed by atoms with E-state index in [9.17, 15) is 0 Å². The fraction of sp³-hybridized carbons (Fsp3) is 0.0400. The number of allylic oxidation sites excluding steroid dienone is 1. The summed E-state index contributed by atoms with van der Waals surface area (Å²) in [6.45, 7) is 0. The number of ether oxygens (including phenoxy) is 1. The van der Waals surface area contributed by atoms with Crippen molar-refractivity contribution in [2.24, 2.45) is 0 Å². The van der Waals surface area contributed by atoms with E-state index in [1.807, 2.05) is 6.07 Å². The molecule has 0 aromatic heterocycles. The summed E-state index contributed by atoms with van der Waals surface area (Å²) in [5.41, 5.74) is 3.60. The lowest BCUT2D eigenvalue weighted by Gasteiger charge is -2.27. The van der Waals surface area contributed by atoms with Crippen LogP contribution in [0.15, 0.2) is 103 Å². The molecular weight excluding hydrogens is 316 g/mol. The molecule has 0 amide bonds. The van der Waals surface area contributed by atoms with Crippen LogP contribution < -0.4 is 4.74 Å². The van der Waals surface area contributed by atoms with Gasteiger partial charge in [0.05, 0.1) is 0 Å². The molecule has 1 aliphatic heterocycles. The molecule has 4 aromatic rings. The van der Waals surface area contributed by atoms with E-state index >= 15 is 0 Å². The van der Waals surface area contributed by atoms with Crippen molar-refractivity contribution in [3.8, 4) is 5.75 Å². The van der Waals surface area contributed by atoms with Gasteiger partial charge in [-0.2, -0.15) is 0 Å². The Kier molecular flexibility index (Phi) is 3.57. The molecule has 1 unspecified atom stereocenters. The topological polar surface area (TPSA) is 9.23 Å². The number of hydrogen-bond donors (Lipinski definition) is 0. The average Bonchev–Trinajstić information content (AvgIpc) is 2.74. The molecule has 0 saturated carbocycles. The van der Waals surface area contributed by atoms with Crippen molar-refractivity contribution in [3.05, 3.63) is 120 Å². The van der Waals surface area contributed by atoms with Crippen molar-refractivity contribution in [2.75, 3.05) is 0 Å². The summed E-state index contributed by atoms with van der Waals surface area (Å²) in [5.74, 6) is 2.07. The minimum Gasteiger partial charge on any atom is -0.456 e. The van der Waals surface area contributed by atoms with Gasteiger partial charge in [0.1, 0.15) is 11.5 Å². The summed E-state index contributed by atoms with van der Waals surface area (Å²) >= 11 is 0. The highest BCUT2D eigenvalue weighted by atomic mass is 16.5. The molecule has 1 aliphatic rings. The third kappa shape index (κ3) is 2.49. The molecular formula is C25H18O. The van der Waals surface area contributed by atoms with Crippen molar-refractivity contribution in [2.45, 2.75) is 5.92 Å². The Morgan fingerprint density at radius 3 is 2.12 bits per heavy atom. The zero-order valence-electron chi connectivity index (χ0n) is 14.3. The van der Waals surface area contributed by atoms with Crippen LogP contribution in [-0.4, -0.2) is 0 Å². The first kappa shape index (κ1) is 15.0. The van der Waals surface area contributed by atoms with Crippen molar-refractivity contribution >= 4 is 16.5 Å². The molecule has 1 atom stereocenters. The van der Waals surface area contributed by atoms with Gasteiger partial charge in [-0.05, 0) is 17.0 Å². The van der Waals surface area contributed by atoms with E-state index in [1.54, 1.807) is 0 Å². The van der Waals surface area contributed by atoms with Crippen LogP contribution in [0.1, 0.15) is 22.6 Å². The van der Waals surface area contributed by atoms with Gasteiger partial charge in [-0.25, -0.2) is 0 Å². The van der Waals surface area contributed by atoms with Crippen molar-refractivity contribution in [3.63, 3.8) is 0 Å². The summed E-state index contributed by atoms with van der Waals surface area (Å²) < 4.78 is 6.44. The van der Waals surface area contributed by atoms with Gasteiger partial charge in [-0.15, -0.1) is 0 Å². The van der Waals surface area contributed by atoms with Crippen LogP contribution in [0.25, 0.3) is 16.5 Å². The molecule has 1 heteroatoms. The first-order chi connectivity index (χ1) is 12.9. The Hall–Kier alpha value is -3.32. The van der Waals surface area contributed by atoms with E-state index in [1.165, 1.54) is 16.5 Å². The molecule has 0 bridgehead atoms. The first-order valence-corrected chi connectivity index (χ1v) is 8.92. The molecule has 1 heterocycles. The second-order valence-corrected chi connectivity index (χ2v) is 6.59. The highest BCUT2D eigenvalue weighted by molar-refractivity contribution is 5.92. The van der Waals surface area contributed by atoms with Crippen LogP contribution in [0.2, 0.25) is 0 Å². The molecule has 0 aliphatic carbocycles. The van der Waals surface area contributed by atoms with E-state index in [4.69, 9.17) is 4.74 Å². The van der Waals surface area contributed by atoms with Crippen molar-refractivity contribution < 1.29 is 4.74 Å². The van der Waals surface area contributed by atoms with Gasteiger partial charge in [0.25, 0.3) is 0 Å². The molecule has 0 radical (unpaired) electrons. The van der Waals surface area contributed by atoms with E-state index in [2.05, 4.69) is 97.1 Å². The molecule has 1 nitrogen and oxygen atoms in total. The second-order valence-electron chi connectivity index (χ2n) is 6.59. The lowest BCUT2D eigenvalue weighted by molar-refractivity contribution is 0.498. The molecule has 5 rings (SSSR count). The maximum Gasteiger partial charge on any atom is 0.139 e. The average molecular weight is 334 g/mol. The minimum absolute atomic E-state index is 0.180. The van der Waals surface area contributed by atoms with Gasteiger partial charge >= 0.3 is 0 Å². The smallest absolute Gasteiger partial charge is 0.139 e. The summed E-state index contributed by atoms with van der Waals surface area (Å²) in [7, 11) is 0. The fourth-order valence-corrected chi connectivity index (χ4v) is 3.70. The third-order valence-corrected chi connectivity index (χ3v) is 4.99. The summed E-state index contributed by atoms with van der Waals surface area (Å²) in [5, 5.41) is 2.36. The predicted octanol–water partition coefficient (Wildman–Crippen LogP) is 6.41. The summed E-state index contributed by atoms with van der Waals surface area (Å²) in [6, 6.07) is 33.8. The predicted molar refractivity (Wildman–Crippen MR) is 107 cm³/mol. The monoisotopic (exact) mass is 334 g/mol. The Labute approximate surface area is 153 Å². The normalized spacial score (nSPS) is 15.8. The Balaban J connectivity index is 1.75. The highest BCUT2D eigenvalue weighted by Crippen LogP contribution is 2.44. The molecule has 124 valence electrons. The van der Waals surface area contributed by atoms with Gasteiger partial charge in [0.2, 0.25) is 0 Å². The number of rotatable bonds is 2. The van der Waals surface area contributed by atoms with Crippen LogP contribution in [0.4, 0.5) is 0 Å². The molecule has 0 saturated heterocycles. The Morgan fingerprint density at radius 1 is 0.615 bits per heavy atom. The minimum atomic E-state index is 0.180. The van der Waals surface area contributed by atoms with Gasteiger partial charge in [-0.3, -0.25) is 0 Å². The standard InChI is InChI=1S/C25H18O/c1-3-9-18(10-4-1)23-17-24(20-12-5-2-6-13-20)26-25-21-14-8-7-11-19(21)15-16-22(23)25/h1-17,23H. The fourth-order valence-electron chi connectivity index (χ4n) is 3.70. The van der Waals surface area contributed by atoms with Crippen molar-refractivity contribution in [1.82, 2.24) is 0 Å². The van der Waals surface area contributed by atoms with Gasteiger partial charge in [0.15, 0.2) is 0 Å². The number of fused-ring (bicyclic) bond motifs is 3. The zero-order chi connectivity index (χ0) is 17.3. The maximum absolute atomic E-state index is 6.44. The third-order valence-electron chi connectivity index (χ3n) is 4.99. The molecule has 26 heavy (non-hydrogen) atoms. The lowest BCUT2D eigenvalue weighted by atomic mass is 9.86. The largest absolute Gasteiger partial charge is 0.456 e. The highest BCUT2D eigenvalue weighted by Gasteiger charge is 2.25. The van der Waals surface area contributed by atoms with E-state index in [0.29, 0.717) is 0 Å². The summed E-state index contributed by atoms with van der Waals surface area (Å²) in [4.78, 5) is 0. The van der Waals surface area contributed by atoms with Crippen LogP contribution >= 0.6 is 0 Å². The number of hydrogen-bond acceptors (Lipinski definition) is 1. The summed E-state index contributed by atoms with van der Waals surface area (Å²) in [6.07, 6.45) is 2.24. The Morgan fingerprint density at radius 2 is 1.31 bits per heavy atom. The zero-order valence-corrected chi connectivity index (χ0v) is 14.3. The quantitative estimate of drug-likeness (QED) is 0.412. The van der Waals surface area contributed by atoms with Crippen LogP contribution in [0.5, 0.6) is 5.75 Å². The SMILES string of the molecule is C1=C(c2ccccc2)Oc2c(ccc3ccccc23)C1c1ccccc1.